The normalized spacial score (nSPS) is 12.9. The standard InChI is InChI=1S/C8H17N3O/c1-10-8(6-9)7-11(2)4-5-12-3/h8,10H,4-5,7H2,1-3H3. The summed E-state index contributed by atoms with van der Waals surface area (Å²) in [6.45, 7) is 2.30. The van der Waals surface area contributed by atoms with E-state index in [1.807, 2.05) is 7.05 Å². The SMILES string of the molecule is CNC(C#N)CN(C)CCOC. The monoisotopic (exact) mass is 171 g/mol. The molecule has 0 aromatic carbocycles. The third kappa shape index (κ3) is 5.08. The Morgan fingerprint density at radius 3 is 2.75 bits per heavy atom. The fourth-order valence-electron chi connectivity index (χ4n) is 0.847. The van der Waals surface area contributed by atoms with Crippen LogP contribution in [0.15, 0.2) is 0 Å². The van der Waals surface area contributed by atoms with Gasteiger partial charge in [-0.1, -0.05) is 0 Å². The van der Waals surface area contributed by atoms with Gasteiger partial charge in [0.25, 0.3) is 0 Å². The van der Waals surface area contributed by atoms with Gasteiger partial charge in [-0.15, -0.1) is 0 Å². The van der Waals surface area contributed by atoms with Crippen molar-refractivity contribution in [3.8, 4) is 6.07 Å². The number of hydrogen-bond donors (Lipinski definition) is 1. The van der Waals surface area contributed by atoms with Crippen LogP contribution in [-0.4, -0.2) is 51.8 Å². The molecule has 0 fully saturated rings. The van der Waals surface area contributed by atoms with Gasteiger partial charge in [-0.25, -0.2) is 0 Å². The number of likely N-dealkylation sites (N-methyl/N-ethyl adjacent to an activating group) is 2. The van der Waals surface area contributed by atoms with E-state index in [1.54, 1.807) is 14.2 Å². The molecule has 0 saturated carbocycles. The van der Waals surface area contributed by atoms with Crippen LogP contribution in [0, 0.1) is 11.3 Å². The van der Waals surface area contributed by atoms with Crippen LogP contribution in [0.4, 0.5) is 0 Å². The molecular weight excluding hydrogens is 154 g/mol. The maximum atomic E-state index is 8.63. The van der Waals surface area contributed by atoms with Crippen molar-refractivity contribution < 1.29 is 4.74 Å². The molecule has 0 spiro atoms. The van der Waals surface area contributed by atoms with Gasteiger partial charge < -0.3 is 15.0 Å². The number of rotatable bonds is 6. The highest BCUT2D eigenvalue weighted by Crippen LogP contribution is 1.87. The predicted octanol–water partition coefficient (Wildman–Crippen LogP) is -0.324. The lowest BCUT2D eigenvalue weighted by molar-refractivity contribution is 0.159. The number of nitrogens with one attached hydrogen (secondary N) is 1. The van der Waals surface area contributed by atoms with E-state index >= 15 is 0 Å². The van der Waals surface area contributed by atoms with E-state index in [4.69, 9.17) is 10.00 Å². The summed E-state index contributed by atoms with van der Waals surface area (Å²) in [5, 5.41) is 11.5. The lowest BCUT2D eigenvalue weighted by atomic mass is 10.3. The van der Waals surface area contributed by atoms with Crippen molar-refractivity contribution in [2.75, 3.05) is 40.9 Å². The summed E-state index contributed by atoms with van der Waals surface area (Å²) in [7, 11) is 5.44. The number of ether oxygens (including phenoxy) is 1. The molecule has 0 aliphatic heterocycles. The summed E-state index contributed by atoms with van der Waals surface area (Å²) in [6, 6.07) is 2.07. The van der Waals surface area contributed by atoms with E-state index in [1.165, 1.54) is 0 Å². The van der Waals surface area contributed by atoms with Gasteiger partial charge in [0.2, 0.25) is 0 Å². The molecule has 70 valence electrons. The van der Waals surface area contributed by atoms with Crippen molar-refractivity contribution in [3.05, 3.63) is 0 Å². The highest BCUT2D eigenvalue weighted by molar-refractivity contribution is 4.90. The van der Waals surface area contributed by atoms with Crippen LogP contribution in [-0.2, 0) is 4.74 Å². The Morgan fingerprint density at radius 1 is 1.67 bits per heavy atom. The smallest absolute Gasteiger partial charge is 0.108 e. The number of nitriles is 1. The first kappa shape index (κ1) is 11.4. The van der Waals surface area contributed by atoms with Crippen molar-refractivity contribution in [2.24, 2.45) is 0 Å². The second kappa shape index (κ2) is 7.04. The number of methoxy groups -OCH3 is 1. The first-order chi connectivity index (χ1) is 5.74. The Hall–Kier alpha value is -0.630. The summed E-state index contributed by atoms with van der Waals surface area (Å²) in [5.74, 6) is 0. The average molecular weight is 171 g/mol. The molecule has 0 aliphatic rings. The lowest BCUT2D eigenvalue weighted by Gasteiger charge is -2.18. The van der Waals surface area contributed by atoms with Crippen molar-refractivity contribution in [1.82, 2.24) is 10.2 Å². The van der Waals surface area contributed by atoms with Crippen LogP contribution < -0.4 is 5.32 Å². The molecule has 0 aromatic rings. The van der Waals surface area contributed by atoms with Gasteiger partial charge in [0, 0.05) is 20.2 Å². The van der Waals surface area contributed by atoms with E-state index in [0.29, 0.717) is 6.61 Å². The largest absolute Gasteiger partial charge is 0.383 e. The Labute approximate surface area is 74.1 Å². The third-order valence-corrected chi connectivity index (χ3v) is 1.68. The number of hydrogen-bond acceptors (Lipinski definition) is 4. The molecule has 0 bridgehead atoms. The summed E-state index contributed by atoms with van der Waals surface area (Å²) in [6.07, 6.45) is 0. The van der Waals surface area contributed by atoms with E-state index in [9.17, 15) is 0 Å². The molecule has 12 heavy (non-hydrogen) atoms. The highest BCUT2D eigenvalue weighted by atomic mass is 16.5. The van der Waals surface area contributed by atoms with Crippen LogP contribution in [0.1, 0.15) is 0 Å². The molecule has 0 rings (SSSR count). The Bertz CT molecular complexity index is 144. The van der Waals surface area contributed by atoms with E-state index in [-0.39, 0.29) is 6.04 Å². The van der Waals surface area contributed by atoms with Crippen molar-refractivity contribution in [2.45, 2.75) is 6.04 Å². The van der Waals surface area contributed by atoms with Gasteiger partial charge >= 0.3 is 0 Å². The van der Waals surface area contributed by atoms with Crippen molar-refractivity contribution in [3.63, 3.8) is 0 Å². The second-order valence-corrected chi connectivity index (χ2v) is 2.73. The summed E-state index contributed by atoms with van der Waals surface area (Å²) < 4.78 is 4.92. The molecule has 0 aliphatic carbocycles. The maximum Gasteiger partial charge on any atom is 0.108 e. The Balaban J connectivity index is 3.53. The van der Waals surface area contributed by atoms with Gasteiger partial charge in [0.15, 0.2) is 0 Å². The Morgan fingerprint density at radius 2 is 2.33 bits per heavy atom. The zero-order valence-electron chi connectivity index (χ0n) is 8.00. The molecule has 1 unspecified atom stereocenters. The van der Waals surface area contributed by atoms with Gasteiger partial charge in [-0.2, -0.15) is 5.26 Å². The molecule has 0 amide bonds. The minimum Gasteiger partial charge on any atom is -0.383 e. The first-order valence-corrected chi connectivity index (χ1v) is 3.99. The zero-order valence-corrected chi connectivity index (χ0v) is 8.00. The quantitative estimate of drug-likeness (QED) is 0.595. The van der Waals surface area contributed by atoms with Gasteiger partial charge in [0.05, 0.1) is 12.7 Å². The molecule has 4 heteroatoms. The summed E-state index contributed by atoms with van der Waals surface area (Å²) >= 11 is 0. The van der Waals surface area contributed by atoms with E-state index in [2.05, 4.69) is 16.3 Å². The third-order valence-electron chi connectivity index (χ3n) is 1.68. The minimum atomic E-state index is -0.0909. The second-order valence-electron chi connectivity index (χ2n) is 2.73. The van der Waals surface area contributed by atoms with Crippen molar-refractivity contribution in [1.29, 1.82) is 5.26 Å². The zero-order chi connectivity index (χ0) is 9.40. The topological polar surface area (TPSA) is 48.3 Å². The molecule has 0 saturated heterocycles. The van der Waals surface area contributed by atoms with E-state index in [0.717, 1.165) is 13.1 Å². The van der Waals surface area contributed by atoms with Gasteiger partial charge in [0.1, 0.15) is 6.04 Å². The fraction of sp³-hybridized carbons (Fsp3) is 0.875. The van der Waals surface area contributed by atoms with Crippen molar-refractivity contribution >= 4 is 0 Å². The summed E-state index contributed by atoms with van der Waals surface area (Å²) in [4.78, 5) is 2.06. The fourth-order valence-corrected chi connectivity index (χ4v) is 0.847. The highest BCUT2D eigenvalue weighted by Gasteiger charge is 2.06. The molecule has 0 radical (unpaired) electrons. The van der Waals surface area contributed by atoms with Crippen LogP contribution in [0.5, 0.6) is 0 Å². The lowest BCUT2D eigenvalue weighted by Crippen LogP contribution is -2.37. The first-order valence-electron chi connectivity index (χ1n) is 3.99. The predicted molar refractivity (Wildman–Crippen MR) is 47.8 cm³/mol. The average Bonchev–Trinajstić information content (AvgIpc) is 2.10. The number of nitrogens with zero attached hydrogens (tertiary/aromatic N) is 2. The molecular formula is C8H17N3O. The van der Waals surface area contributed by atoms with Crippen LogP contribution >= 0.6 is 0 Å². The Kier molecular flexibility index (Phi) is 6.67. The van der Waals surface area contributed by atoms with Gasteiger partial charge in [-0.05, 0) is 14.1 Å². The van der Waals surface area contributed by atoms with Crippen LogP contribution in [0.25, 0.3) is 0 Å². The van der Waals surface area contributed by atoms with Crippen LogP contribution in [0.2, 0.25) is 0 Å². The molecule has 0 heterocycles. The molecule has 4 nitrogen and oxygen atoms in total. The molecule has 1 N–H and O–H groups in total. The summed E-state index contributed by atoms with van der Waals surface area (Å²) in [5.41, 5.74) is 0. The van der Waals surface area contributed by atoms with Gasteiger partial charge in [-0.3, -0.25) is 0 Å². The van der Waals surface area contributed by atoms with Crippen LogP contribution in [0.3, 0.4) is 0 Å². The van der Waals surface area contributed by atoms with E-state index < -0.39 is 0 Å². The molecule has 1 atom stereocenters. The molecule has 0 aromatic heterocycles. The maximum absolute atomic E-state index is 8.63. The minimum absolute atomic E-state index is 0.0909.